The molecular weight excluding hydrogens is 282 g/mol. The molecule has 0 aliphatic carbocycles. The summed E-state index contributed by atoms with van der Waals surface area (Å²) in [4.78, 5) is 15.8. The Morgan fingerprint density at radius 1 is 1.47 bits per heavy atom. The summed E-state index contributed by atoms with van der Waals surface area (Å²) in [7, 11) is 0. The lowest BCUT2D eigenvalue weighted by Crippen LogP contribution is -2.24. The molecule has 2 aromatic rings. The number of carbonyl (C=O) groups is 1. The number of amides is 1. The number of rotatable bonds is 5. The minimum absolute atomic E-state index is 0.0119. The maximum atomic E-state index is 11.4. The van der Waals surface area contributed by atoms with Crippen molar-refractivity contribution >= 4 is 39.7 Å². The van der Waals surface area contributed by atoms with Gasteiger partial charge in [0.05, 0.1) is 12.1 Å². The molecule has 1 aromatic heterocycles. The maximum absolute atomic E-state index is 11.4. The van der Waals surface area contributed by atoms with E-state index in [0.29, 0.717) is 18.0 Å². The number of likely N-dealkylation sites (N-methyl/N-ethyl adjacent to an activating group) is 1. The first-order valence-corrected chi connectivity index (χ1v) is 7.17. The second-order valence-corrected chi connectivity index (χ2v) is 5.20. The van der Waals surface area contributed by atoms with Gasteiger partial charge < -0.3 is 10.6 Å². The van der Waals surface area contributed by atoms with Gasteiger partial charge in [0, 0.05) is 22.6 Å². The van der Waals surface area contributed by atoms with Crippen molar-refractivity contribution < 1.29 is 4.79 Å². The molecule has 0 radical (unpaired) electrons. The molecule has 0 atom stereocenters. The second-order valence-electron chi connectivity index (χ2n) is 3.91. The van der Waals surface area contributed by atoms with Crippen molar-refractivity contribution in [3.8, 4) is 0 Å². The van der Waals surface area contributed by atoms with Crippen molar-refractivity contribution in [3.63, 3.8) is 0 Å². The van der Waals surface area contributed by atoms with Gasteiger partial charge in [0.25, 0.3) is 0 Å². The summed E-state index contributed by atoms with van der Waals surface area (Å²) in [5, 5.41) is 9.21. The van der Waals surface area contributed by atoms with Crippen LogP contribution >= 0.6 is 22.9 Å². The number of anilines is 2. The fraction of sp³-hybridized carbons (Fsp3) is 0.231. The fourth-order valence-electron chi connectivity index (χ4n) is 1.56. The second kappa shape index (κ2) is 6.54. The molecule has 0 saturated heterocycles. The molecule has 1 heterocycles. The lowest BCUT2D eigenvalue weighted by atomic mass is 10.3. The highest BCUT2D eigenvalue weighted by Crippen LogP contribution is 2.23. The molecule has 0 bridgehead atoms. The maximum Gasteiger partial charge on any atom is 0.226 e. The van der Waals surface area contributed by atoms with Gasteiger partial charge in [-0.05, 0) is 25.1 Å². The van der Waals surface area contributed by atoms with E-state index in [1.807, 2.05) is 36.6 Å². The van der Waals surface area contributed by atoms with E-state index >= 15 is 0 Å². The molecule has 1 amide bonds. The molecule has 1 aromatic carbocycles. The molecule has 2 rings (SSSR count). The van der Waals surface area contributed by atoms with Crippen LogP contribution in [0, 0.1) is 0 Å². The first kappa shape index (κ1) is 13.8. The summed E-state index contributed by atoms with van der Waals surface area (Å²) >= 11 is 7.37. The summed E-state index contributed by atoms with van der Waals surface area (Å²) in [5.74, 6) is -0.0119. The van der Waals surface area contributed by atoms with Gasteiger partial charge in [-0.1, -0.05) is 17.7 Å². The van der Waals surface area contributed by atoms with Crippen LogP contribution in [0.25, 0.3) is 0 Å². The first-order chi connectivity index (χ1) is 9.17. The Hall–Kier alpha value is -1.59. The third kappa shape index (κ3) is 4.22. The van der Waals surface area contributed by atoms with Gasteiger partial charge in [0.2, 0.25) is 5.91 Å². The van der Waals surface area contributed by atoms with E-state index in [1.165, 1.54) is 11.3 Å². The number of nitrogens with one attached hydrogen (secondary N) is 2. The van der Waals surface area contributed by atoms with Crippen LogP contribution in [0.5, 0.6) is 0 Å². The van der Waals surface area contributed by atoms with Crippen LogP contribution in [-0.2, 0) is 11.2 Å². The minimum Gasteiger partial charge on any atom is -0.356 e. The third-order valence-electron chi connectivity index (χ3n) is 2.34. The molecule has 100 valence electrons. The van der Waals surface area contributed by atoms with Gasteiger partial charge in [-0.3, -0.25) is 4.79 Å². The average Bonchev–Trinajstić information content (AvgIpc) is 2.76. The number of thiazole rings is 1. The summed E-state index contributed by atoms with van der Waals surface area (Å²) in [6.07, 6.45) is 0.307. The zero-order valence-electron chi connectivity index (χ0n) is 10.4. The zero-order valence-corrected chi connectivity index (χ0v) is 12.0. The Morgan fingerprint density at radius 3 is 3.05 bits per heavy atom. The van der Waals surface area contributed by atoms with Crippen LogP contribution in [-0.4, -0.2) is 17.4 Å². The number of aromatic nitrogens is 1. The van der Waals surface area contributed by atoms with Gasteiger partial charge >= 0.3 is 0 Å². The molecule has 4 nitrogen and oxygen atoms in total. The van der Waals surface area contributed by atoms with Gasteiger partial charge in [-0.25, -0.2) is 4.98 Å². The van der Waals surface area contributed by atoms with Crippen molar-refractivity contribution in [2.24, 2.45) is 0 Å². The normalized spacial score (nSPS) is 10.2. The molecule has 0 aliphatic rings. The van der Waals surface area contributed by atoms with Gasteiger partial charge in [-0.15, -0.1) is 11.3 Å². The summed E-state index contributed by atoms with van der Waals surface area (Å²) in [5.41, 5.74) is 1.65. The van der Waals surface area contributed by atoms with Crippen LogP contribution in [0.15, 0.2) is 29.6 Å². The Balaban J connectivity index is 1.99. The fourth-order valence-corrected chi connectivity index (χ4v) is 2.48. The lowest BCUT2D eigenvalue weighted by Gasteiger charge is -2.02. The van der Waals surface area contributed by atoms with Gasteiger partial charge in [0.1, 0.15) is 0 Å². The van der Waals surface area contributed by atoms with Crippen molar-refractivity contribution in [2.45, 2.75) is 13.3 Å². The Bertz CT molecular complexity index is 571. The molecule has 0 unspecified atom stereocenters. The van der Waals surface area contributed by atoms with Crippen molar-refractivity contribution in [1.82, 2.24) is 10.3 Å². The van der Waals surface area contributed by atoms with E-state index < -0.39 is 0 Å². The Labute approximate surface area is 120 Å². The van der Waals surface area contributed by atoms with Crippen molar-refractivity contribution in [1.29, 1.82) is 0 Å². The number of carbonyl (C=O) groups excluding carboxylic acids is 1. The number of hydrogen-bond acceptors (Lipinski definition) is 4. The highest BCUT2D eigenvalue weighted by atomic mass is 35.5. The standard InChI is InChI=1S/C13H14ClN3OS/c1-2-15-12(18)7-11-8-19-13(17-11)16-10-5-3-4-9(14)6-10/h3-6,8H,2,7H2,1H3,(H,15,18)(H,16,17). The molecular formula is C13H14ClN3OS. The Morgan fingerprint density at radius 2 is 2.32 bits per heavy atom. The van der Waals surface area contributed by atoms with E-state index in [4.69, 9.17) is 11.6 Å². The highest BCUT2D eigenvalue weighted by Gasteiger charge is 2.07. The van der Waals surface area contributed by atoms with Crippen LogP contribution in [0.1, 0.15) is 12.6 Å². The van der Waals surface area contributed by atoms with Gasteiger partial charge in [0.15, 0.2) is 5.13 Å². The van der Waals surface area contributed by atoms with Crippen molar-refractivity contribution in [3.05, 3.63) is 40.4 Å². The monoisotopic (exact) mass is 295 g/mol. The van der Waals surface area contributed by atoms with Crippen LogP contribution in [0.3, 0.4) is 0 Å². The summed E-state index contributed by atoms with van der Waals surface area (Å²) < 4.78 is 0. The highest BCUT2D eigenvalue weighted by molar-refractivity contribution is 7.13. The molecule has 0 aliphatic heterocycles. The topological polar surface area (TPSA) is 54.0 Å². The van der Waals surface area contributed by atoms with E-state index in [1.54, 1.807) is 0 Å². The number of nitrogens with zero attached hydrogens (tertiary/aromatic N) is 1. The molecule has 19 heavy (non-hydrogen) atoms. The predicted molar refractivity (Wildman–Crippen MR) is 79.2 cm³/mol. The quantitative estimate of drug-likeness (QED) is 0.890. The first-order valence-electron chi connectivity index (χ1n) is 5.91. The zero-order chi connectivity index (χ0) is 13.7. The molecule has 0 saturated carbocycles. The average molecular weight is 296 g/mol. The molecule has 0 spiro atoms. The number of hydrogen-bond donors (Lipinski definition) is 2. The smallest absolute Gasteiger partial charge is 0.226 e. The van der Waals surface area contributed by atoms with Gasteiger partial charge in [-0.2, -0.15) is 0 Å². The van der Waals surface area contributed by atoms with E-state index in [2.05, 4.69) is 15.6 Å². The number of halogens is 1. The molecule has 0 fully saturated rings. The summed E-state index contributed by atoms with van der Waals surface area (Å²) in [6.45, 7) is 2.53. The van der Waals surface area contributed by atoms with E-state index in [9.17, 15) is 4.79 Å². The van der Waals surface area contributed by atoms with Crippen LogP contribution in [0.2, 0.25) is 5.02 Å². The molecule has 2 N–H and O–H groups in total. The lowest BCUT2D eigenvalue weighted by molar-refractivity contribution is -0.120. The molecule has 6 heteroatoms. The summed E-state index contributed by atoms with van der Waals surface area (Å²) in [6, 6.07) is 7.42. The van der Waals surface area contributed by atoms with E-state index in [-0.39, 0.29) is 5.91 Å². The van der Waals surface area contributed by atoms with E-state index in [0.717, 1.165) is 16.5 Å². The van der Waals surface area contributed by atoms with Crippen molar-refractivity contribution in [2.75, 3.05) is 11.9 Å². The minimum atomic E-state index is -0.0119. The number of benzene rings is 1. The SMILES string of the molecule is CCNC(=O)Cc1csc(Nc2cccc(Cl)c2)n1. The van der Waals surface area contributed by atoms with Crippen LogP contribution in [0.4, 0.5) is 10.8 Å². The third-order valence-corrected chi connectivity index (χ3v) is 3.38. The predicted octanol–water partition coefficient (Wildman–Crippen LogP) is 3.22. The van der Waals surface area contributed by atoms with Crippen LogP contribution < -0.4 is 10.6 Å². The largest absolute Gasteiger partial charge is 0.356 e. The Kier molecular flexibility index (Phi) is 4.76.